The van der Waals surface area contributed by atoms with Crippen molar-refractivity contribution in [1.82, 2.24) is 0 Å². The van der Waals surface area contributed by atoms with Crippen LogP contribution in [0, 0.1) is 11.8 Å². The second kappa shape index (κ2) is 8.06. The van der Waals surface area contributed by atoms with Crippen molar-refractivity contribution in [3.63, 3.8) is 0 Å². The van der Waals surface area contributed by atoms with E-state index in [1.54, 1.807) is 0 Å². The van der Waals surface area contributed by atoms with E-state index < -0.39 is 5.79 Å². The van der Waals surface area contributed by atoms with Crippen LogP contribution in [0.3, 0.4) is 0 Å². The summed E-state index contributed by atoms with van der Waals surface area (Å²) >= 11 is 3.39. The first-order valence-electron chi connectivity index (χ1n) is 7.00. The Morgan fingerprint density at radius 3 is 1.50 bits per heavy atom. The van der Waals surface area contributed by atoms with Crippen LogP contribution in [-0.2, 0) is 18.9 Å². The van der Waals surface area contributed by atoms with Gasteiger partial charge in [-0.05, 0) is 27.7 Å². The molecule has 2 rings (SSSR count). The molecular formula is C14H27BrO5. The Bertz CT molecular complexity index is 235. The molecule has 0 aromatic carbocycles. The molecule has 20 heavy (non-hydrogen) atoms. The zero-order valence-corrected chi connectivity index (χ0v) is 14.4. The van der Waals surface area contributed by atoms with Gasteiger partial charge in [-0.25, -0.2) is 0 Å². The fourth-order valence-electron chi connectivity index (χ4n) is 1.65. The van der Waals surface area contributed by atoms with Crippen LogP contribution in [0.5, 0.6) is 0 Å². The summed E-state index contributed by atoms with van der Waals surface area (Å²) in [4.78, 5) is 0. The fourth-order valence-corrected chi connectivity index (χ4v) is 2.02. The van der Waals surface area contributed by atoms with Crippen molar-refractivity contribution >= 4 is 15.9 Å². The molecule has 0 radical (unpaired) electrons. The predicted octanol–water partition coefficient (Wildman–Crippen LogP) is 2.16. The molecule has 2 heterocycles. The Morgan fingerprint density at radius 1 is 0.850 bits per heavy atom. The zero-order valence-electron chi connectivity index (χ0n) is 12.9. The number of hydrogen-bond acceptors (Lipinski definition) is 5. The molecule has 0 aromatic rings. The molecule has 120 valence electrons. The topological polar surface area (TPSA) is 57.2 Å². The Morgan fingerprint density at radius 2 is 1.20 bits per heavy atom. The van der Waals surface area contributed by atoms with Gasteiger partial charge in [0.1, 0.15) is 0 Å². The van der Waals surface area contributed by atoms with Gasteiger partial charge in [0, 0.05) is 17.2 Å². The lowest BCUT2D eigenvalue weighted by atomic mass is 10.1. The van der Waals surface area contributed by atoms with Crippen LogP contribution in [0.15, 0.2) is 0 Å². The number of aliphatic hydroxyl groups excluding tert-OH is 1. The third-order valence-electron chi connectivity index (χ3n) is 3.14. The summed E-state index contributed by atoms with van der Waals surface area (Å²) in [6.45, 7) is 10.6. The first-order valence-corrected chi connectivity index (χ1v) is 8.13. The summed E-state index contributed by atoms with van der Waals surface area (Å²) < 4.78 is 21.4. The van der Waals surface area contributed by atoms with Crippen LogP contribution >= 0.6 is 15.9 Å². The van der Waals surface area contributed by atoms with Crippen LogP contribution in [0.1, 0.15) is 27.7 Å². The highest BCUT2D eigenvalue weighted by Crippen LogP contribution is 2.21. The highest BCUT2D eigenvalue weighted by atomic mass is 79.9. The maximum absolute atomic E-state index is 8.70. The van der Waals surface area contributed by atoms with E-state index >= 15 is 0 Å². The van der Waals surface area contributed by atoms with E-state index in [2.05, 4.69) is 15.9 Å². The zero-order chi connectivity index (χ0) is 15.2. The summed E-state index contributed by atoms with van der Waals surface area (Å²) in [6, 6.07) is 0. The van der Waals surface area contributed by atoms with Crippen LogP contribution < -0.4 is 0 Å². The van der Waals surface area contributed by atoms with Crippen LogP contribution in [0.25, 0.3) is 0 Å². The first-order chi connectivity index (χ1) is 9.28. The largest absolute Gasteiger partial charge is 0.396 e. The second-order valence-corrected chi connectivity index (χ2v) is 6.76. The van der Waals surface area contributed by atoms with Crippen LogP contribution in [0.2, 0.25) is 0 Å². The average Bonchev–Trinajstić information content (AvgIpc) is 2.40. The highest BCUT2D eigenvalue weighted by molar-refractivity contribution is 9.09. The fraction of sp³-hybridized carbons (Fsp3) is 1.00. The Hall–Kier alpha value is 0.280. The lowest BCUT2D eigenvalue weighted by Gasteiger charge is -2.34. The molecule has 0 saturated carbocycles. The van der Waals surface area contributed by atoms with Gasteiger partial charge in [0.05, 0.1) is 33.0 Å². The van der Waals surface area contributed by atoms with Crippen molar-refractivity contribution in [2.24, 2.45) is 11.8 Å². The molecule has 6 heteroatoms. The standard InChI is InChI=1S/C7H13BrO2.C7H14O3/c2*1-7(2)9-4-6(3-8)5-10-7/h6H,3-5H2,1-2H3;6,8H,3-5H2,1-2H3. The molecular weight excluding hydrogens is 328 g/mol. The molecule has 0 bridgehead atoms. The molecule has 2 aliphatic rings. The minimum absolute atomic E-state index is 0.149. The van der Waals surface area contributed by atoms with Crippen molar-refractivity contribution in [3.05, 3.63) is 0 Å². The van der Waals surface area contributed by atoms with Gasteiger partial charge in [-0.1, -0.05) is 15.9 Å². The van der Waals surface area contributed by atoms with Gasteiger partial charge in [0.15, 0.2) is 11.6 Å². The normalized spacial score (nSPS) is 26.7. The Kier molecular flexibility index (Phi) is 7.38. The maximum atomic E-state index is 8.70. The number of aliphatic hydroxyl groups is 1. The summed E-state index contributed by atoms with van der Waals surface area (Å²) in [5, 5.41) is 9.66. The van der Waals surface area contributed by atoms with E-state index in [0.717, 1.165) is 18.5 Å². The van der Waals surface area contributed by atoms with E-state index in [-0.39, 0.29) is 18.3 Å². The van der Waals surface area contributed by atoms with E-state index in [9.17, 15) is 0 Å². The SMILES string of the molecule is CC1(C)OCC(CBr)CO1.CC1(C)OCC(CO)CO1. The average molecular weight is 355 g/mol. The minimum Gasteiger partial charge on any atom is -0.396 e. The quantitative estimate of drug-likeness (QED) is 0.770. The number of hydrogen-bond donors (Lipinski definition) is 1. The molecule has 0 spiro atoms. The molecule has 0 amide bonds. The van der Waals surface area contributed by atoms with E-state index in [0.29, 0.717) is 19.1 Å². The van der Waals surface area contributed by atoms with Crippen molar-refractivity contribution in [2.75, 3.05) is 38.4 Å². The van der Waals surface area contributed by atoms with Crippen LogP contribution in [-0.4, -0.2) is 55.0 Å². The van der Waals surface area contributed by atoms with Crippen molar-refractivity contribution in [3.8, 4) is 0 Å². The number of alkyl halides is 1. The summed E-state index contributed by atoms with van der Waals surface area (Å²) in [5.74, 6) is -0.134. The van der Waals surface area contributed by atoms with Crippen molar-refractivity contribution in [2.45, 2.75) is 39.3 Å². The van der Waals surface area contributed by atoms with Gasteiger partial charge in [-0.3, -0.25) is 0 Å². The van der Waals surface area contributed by atoms with Crippen molar-refractivity contribution in [1.29, 1.82) is 0 Å². The minimum atomic E-state index is -0.453. The maximum Gasteiger partial charge on any atom is 0.162 e. The molecule has 2 saturated heterocycles. The lowest BCUT2D eigenvalue weighted by Crippen LogP contribution is -2.40. The molecule has 1 N–H and O–H groups in total. The summed E-state index contributed by atoms with van der Waals surface area (Å²) in [6.07, 6.45) is 0. The highest BCUT2D eigenvalue weighted by Gasteiger charge is 2.28. The van der Waals surface area contributed by atoms with E-state index in [4.69, 9.17) is 24.1 Å². The molecule has 0 atom stereocenters. The van der Waals surface area contributed by atoms with Gasteiger partial charge in [0.2, 0.25) is 0 Å². The smallest absolute Gasteiger partial charge is 0.162 e. The van der Waals surface area contributed by atoms with Gasteiger partial charge in [0.25, 0.3) is 0 Å². The molecule has 2 aliphatic heterocycles. The molecule has 0 aliphatic carbocycles. The van der Waals surface area contributed by atoms with Gasteiger partial charge in [-0.15, -0.1) is 0 Å². The summed E-state index contributed by atoms with van der Waals surface area (Å²) in [5.41, 5.74) is 0. The Balaban J connectivity index is 0.000000200. The van der Waals surface area contributed by atoms with E-state index in [1.165, 1.54) is 0 Å². The molecule has 5 nitrogen and oxygen atoms in total. The third-order valence-corrected chi connectivity index (χ3v) is 4.06. The third kappa shape index (κ3) is 6.83. The second-order valence-electron chi connectivity index (χ2n) is 6.11. The van der Waals surface area contributed by atoms with E-state index in [1.807, 2.05) is 27.7 Å². The molecule has 0 unspecified atom stereocenters. The monoisotopic (exact) mass is 354 g/mol. The van der Waals surface area contributed by atoms with Gasteiger partial charge >= 0.3 is 0 Å². The summed E-state index contributed by atoms with van der Waals surface area (Å²) in [7, 11) is 0. The Labute approximate surface area is 130 Å². The molecule has 0 aromatic heterocycles. The number of halogens is 1. The van der Waals surface area contributed by atoms with Crippen LogP contribution in [0.4, 0.5) is 0 Å². The van der Waals surface area contributed by atoms with Crippen molar-refractivity contribution < 1.29 is 24.1 Å². The van der Waals surface area contributed by atoms with Gasteiger partial charge < -0.3 is 24.1 Å². The van der Waals surface area contributed by atoms with Gasteiger partial charge in [-0.2, -0.15) is 0 Å². The predicted molar refractivity (Wildman–Crippen MR) is 79.8 cm³/mol. The first kappa shape index (κ1) is 18.3. The number of rotatable bonds is 2. The number of ether oxygens (including phenoxy) is 4. The lowest BCUT2D eigenvalue weighted by molar-refractivity contribution is -0.265. The molecule has 2 fully saturated rings.